The fraction of sp³-hybridized carbons (Fsp3) is 0.259. The lowest BCUT2D eigenvalue weighted by molar-refractivity contribution is -0.119. The van der Waals surface area contributed by atoms with Gasteiger partial charge in [0.2, 0.25) is 10.0 Å². The number of carbonyl (C=O) groups excluding carboxylic acids is 1. The molecule has 0 aromatic heterocycles. The monoisotopic (exact) mass is 543 g/mol. The van der Waals surface area contributed by atoms with Gasteiger partial charge in [0.15, 0.2) is 11.5 Å². The Hall–Kier alpha value is -3.56. The van der Waals surface area contributed by atoms with Crippen LogP contribution in [0.15, 0.2) is 65.8 Å². The molecule has 0 atom stereocenters. The fourth-order valence-corrected chi connectivity index (χ4v) is 4.74. The maximum Gasteiger partial charge on any atom is 0.260 e. The number of anilines is 1. The molecule has 3 aromatic carbocycles. The van der Waals surface area contributed by atoms with Crippen molar-refractivity contribution in [3.8, 4) is 11.5 Å². The predicted octanol–water partition coefficient (Wildman–Crippen LogP) is 4.85. The molecule has 0 heterocycles. The number of aryl methyl sites for hydroxylation is 2. The minimum Gasteiger partial charge on any atom is -0.490 e. The zero-order valence-corrected chi connectivity index (χ0v) is 22.8. The van der Waals surface area contributed by atoms with Gasteiger partial charge in [0.1, 0.15) is 13.2 Å². The number of nitrogens with one attached hydrogen (secondary N) is 1. The Labute approximate surface area is 222 Å². The van der Waals surface area contributed by atoms with Gasteiger partial charge in [-0.25, -0.2) is 13.8 Å². The molecule has 0 fully saturated rings. The standard InChI is InChI=1S/C27H30ClN3O5S/c1-5-35-25-15-22(11-14-24(25)36-18-21-9-12-23(28)13-10-21)16-29-30-26(32)17-31(37(4,33)34)27-19(2)7-6-8-20(27)3/h6-16H,5,17-18H2,1-4H3,(H,30,32)/b29-16-. The first kappa shape index (κ1) is 28.0. The Morgan fingerprint density at radius 2 is 1.70 bits per heavy atom. The van der Waals surface area contributed by atoms with Gasteiger partial charge in [0.25, 0.3) is 5.91 Å². The number of para-hydroxylation sites is 1. The van der Waals surface area contributed by atoms with E-state index in [0.29, 0.717) is 41.0 Å². The third-order valence-corrected chi connectivity index (χ3v) is 6.72. The molecule has 8 nitrogen and oxygen atoms in total. The van der Waals surface area contributed by atoms with Crippen molar-refractivity contribution in [1.29, 1.82) is 0 Å². The van der Waals surface area contributed by atoms with Gasteiger partial charge in [-0.2, -0.15) is 5.10 Å². The van der Waals surface area contributed by atoms with Gasteiger partial charge in [0.05, 0.1) is 24.8 Å². The van der Waals surface area contributed by atoms with E-state index in [-0.39, 0.29) is 0 Å². The third kappa shape index (κ3) is 7.96. The summed E-state index contributed by atoms with van der Waals surface area (Å²) in [6.45, 7) is 5.86. The van der Waals surface area contributed by atoms with Crippen LogP contribution in [0.2, 0.25) is 5.02 Å². The maximum absolute atomic E-state index is 12.6. The third-order valence-electron chi connectivity index (χ3n) is 5.35. The quantitative estimate of drug-likeness (QED) is 0.275. The van der Waals surface area contributed by atoms with Crippen LogP contribution in [0, 0.1) is 13.8 Å². The summed E-state index contributed by atoms with van der Waals surface area (Å²) in [6.07, 6.45) is 2.52. The number of hydrazone groups is 1. The van der Waals surface area contributed by atoms with Crippen molar-refractivity contribution in [1.82, 2.24) is 5.43 Å². The molecule has 3 aromatic rings. The van der Waals surface area contributed by atoms with Gasteiger partial charge in [-0.1, -0.05) is 41.9 Å². The van der Waals surface area contributed by atoms with E-state index < -0.39 is 22.5 Å². The average Bonchev–Trinajstić information content (AvgIpc) is 2.83. The molecule has 0 saturated heterocycles. The predicted molar refractivity (Wildman–Crippen MR) is 147 cm³/mol. The largest absolute Gasteiger partial charge is 0.490 e. The van der Waals surface area contributed by atoms with Gasteiger partial charge in [-0.3, -0.25) is 9.10 Å². The highest BCUT2D eigenvalue weighted by Crippen LogP contribution is 2.29. The van der Waals surface area contributed by atoms with Crippen LogP contribution < -0.4 is 19.2 Å². The van der Waals surface area contributed by atoms with Crippen LogP contribution in [-0.2, 0) is 21.4 Å². The van der Waals surface area contributed by atoms with Gasteiger partial charge in [-0.15, -0.1) is 0 Å². The molecule has 10 heteroatoms. The summed E-state index contributed by atoms with van der Waals surface area (Å²) in [4.78, 5) is 12.6. The number of nitrogens with zero attached hydrogens (tertiary/aromatic N) is 2. The van der Waals surface area contributed by atoms with Crippen molar-refractivity contribution in [3.63, 3.8) is 0 Å². The Morgan fingerprint density at radius 3 is 2.32 bits per heavy atom. The van der Waals surface area contributed by atoms with E-state index in [1.165, 1.54) is 6.21 Å². The van der Waals surface area contributed by atoms with Crippen LogP contribution in [0.3, 0.4) is 0 Å². The summed E-state index contributed by atoms with van der Waals surface area (Å²) in [5, 5.41) is 4.65. The molecule has 1 amide bonds. The van der Waals surface area contributed by atoms with Crippen molar-refractivity contribution in [3.05, 3.63) is 87.9 Å². The number of halogens is 1. The van der Waals surface area contributed by atoms with E-state index >= 15 is 0 Å². The smallest absolute Gasteiger partial charge is 0.260 e. The van der Waals surface area contributed by atoms with Crippen LogP contribution in [-0.4, -0.2) is 39.9 Å². The van der Waals surface area contributed by atoms with Crippen LogP contribution in [0.1, 0.15) is 29.2 Å². The van der Waals surface area contributed by atoms with Crippen molar-refractivity contribution >= 4 is 39.4 Å². The highest BCUT2D eigenvalue weighted by molar-refractivity contribution is 7.92. The lowest BCUT2D eigenvalue weighted by Crippen LogP contribution is -2.39. The molecule has 196 valence electrons. The van der Waals surface area contributed by atoms with E-state index in [2.05, 4.69) is 10.5 Å². The molecule has 37 heavy (non-hydrogen) atoms. The number of rotatable bonds is 11. The first-order valence-electron chi connectivity index (χ1n) is 11.6. The first-order valence-corrected chi connectivity index (χ1v) is 13.8. The number of sulfonamides is 1. The second-order valence-corrected chi connectivity index (χ2v) is 10.7. The van der Waals surface area contributed by atoms with Gasteiger partial charge in [-0.05, 0) is 73.4 Å². The number of amides is 1. The summed E-state index contributed by atoms with van der Waals surface area (Å²) < 4.78 is 37.6. The molecule has 0 aliphatic heterocycles. The van der Waals surface area contributed by atoms with Crippen LogP contribution >= 0.6 is 11.6 Å². The fourth-order valence-electron chi connectivity index (χ4n) is 3.64. The van der Waals surface area contributed by atoms with Crippen molar-refractivity contribution < 1.29 is 22.7 Å². The second-order valence-electron chi connectivity index (χ2n) is 8.36. The average molecular weight is 544 g/mol. The summed E-state index contributed by atoms with van der Waals surface area (Å²) in [5.41, 5.74) is 6.02. The summed E-state index contributed by atoms with van der Waals surface area (Å²) in [5.74, 6) is 0.526. The molecule has 0 unspecified atom stereocenters. The molecule has 0 radical (unpaired) electrons. The van der Waals surface area contributed by atoms with E-state index in [1.807, 2.05) is 25.1 Å². The van der Waals surface area contributed by atoms with E-state index in [4.69, 9.17) is 21.1 Å². The molecule has 0 aliphatic carbocycles. The topological polar surface area (TPSA) is 97.3 Å². The lowest BCUT2D eigenvalue weighted by atomic mass is 10.1. The zero-order chi connectivity index (χ0) is 27.0. The van der Waals surface area contributed by atoms with E-state index in [1.54, 1.807) is 56.3 Å². The Bertz CT molecular complexity index is 1360. The highest BCUT2D eigenvalue weighted by Gasteiger charge is 2.23. The molecule has 3 rings (SSSR count). The zero-order valence-electron chi connectivity index (χ0n) is 21.2. The molecule has 0 bridgehead atoms. The normalized spacial score (nSPS) is 11.4. The molecule has 0 saturated carbocycles. The molecule has 0 aliphatic rings. The number of hydrogen-bond donors (Lipinski definition) is 1. The first-order chi connectivity index (χ1) is 17.6. The highest BCUT2D eigenvalue weighted by atomic mass is 35.5. The van der Waals surface area contributed by atoms with Crippen LogP contribution in [0.4, 0.5) is 5.69 Å². The minimum atomic E-state index is -3.70. The summed E-state index contributed by atoms with van der Waals surface area (Å²) in [6, 6.07) is 18.1. The molecule has 1 N–H and O–H groups in total. The van der Waals surface area contributed by atoms with Crippen molar-refractivity contribution in [2.75, 3.05) is 23.7 Å². The minimum absolute atomic E-state index is 0.345. The van der Waals surface area contributed by atoms with Crippen molar-refractivity contribution in [2.24, 2.45) is 5.10 Å². The van der Waals surface area contributed by atoms with Gasteiger partial charge in [0, 0.05) is 5.02 Å². The van der Waals surface area contributed by atoms with Crippen LogP contribution in [0.5, 0.6) is 11.5 Å². The Kier molecular flexibility index (Phi) is 9.54. The SMILES string of the molecule is CCOc1cc(/C=N\NC(=O)CN(c2c(C)cccc2C)S(C)(=O)=O)ccc1OCc1ccc(Cl)cc1. The van der Waals surface area contributed by atoms with Gasteiger partial charge >= 0.3 is 0 Å². The van der Waals surface area contributed by atoms with E-state index in [0.717, 1.165) is 27.3 Å². The summed E-state index contributed by atoms with van der Waals surface area (Å²) in [7, 11) is -3.70. The second kappa shape index (κ2) is 12.6. The molecular formula is C27H30ClN3O5S. The number of carbonyl (C=O) groups is 1. The number of hydrogen-bond acceptors (Lipinski definition) is 6. The molecular weight excluding hydrogens is 514 g/mol. The maximum atomic E-state index is 12.6. The van der Waals surface area contributed by atoms with Gasteiger partial charge < -0.3 is 9.47 Å². The number of benzene rings is 3. The van der Waals surface area contributed by atoms with E-state index in [9.17, 15) is 13.2 Å². The Morgan fingerprint density at radius 1 is 1.03 bits per heavy atom. The molecule has 0 spiro atoms. The van der Waals surface area contributed by atoms with Crippen LogP contribution in [0.25, 0.3) is 0 Å². The Balaban J connectivity index is 1.68. The summed E-state index contributed by atoms with van der Waals surface area (Å²) >= 11 is 5.93. The number of ether oxygens (including phenoxy) is 2. The van der Waals surface area contributed by atoms with Crippen molar-refractivity contribution in [2.45, 2.75) is 27.4 Å². The lowest BCUT2D eigenvalue weighted by Gasteiger charge is -2.25.